The lowest BCUT2D eigenvalue weighted by atomic mass is 10.1. The van der Waals surface area contributed by atoms with Crippen LogP contribution in [-0.4, -0.2) is 29.9 Å². The molecule has 4 rings (SSSR count). The monoisotopic (exact) mass is 351 g/mol. The minimum absolute atomic E-state index is 0.0231. The number of Topliss-reactive ketones (excluding diaryl/α,β-unsaturated/α-hetero) is 1. The lowest BCUT2D eigenvalue weighted by Crippen LogP contribution is -2.08. The Morgan fingerprint density at radius 2 is 2.20 bits per heavy atom. The third kappa shape index (κ3) is 2.87. The number of carbonyl (C=O) groups is 1. The minimum atomic E-state index is 0.0231. The number of thiazole rings is 1. The molecule has 126 valence electrons. The molecular weight excluding hydrogens is 334 g/mol. The number of imidazole rings is 1. The molecule has 0 spiro atoms. The Kier molecular flexibility index (Phi) is 3.93. The second-order valence-electron chi connectivity index (χ2n) is 5.82. The van der Waals surface area contributed by atoms with Gasteiger partial charge in [0.1, 0.15) is 10.7 Å². The smallest absolute Gasteiger partial charge is 0.173 e. The van der Waals surface area contributed by atoms with Gasteiger partial charge in [0.05, 0.1) is 17.7 Å². The summed E-state index contributed by atoms with van der Waals surface area (Å²) in [6.45, 7) is 4.75. The third-order valence-corrected chi connectivity index (χ3v) is 5.04. The summed E-state index contributed by atoms with van der Waals surface area (Å²) >= 11 is 1.51. The average Bonchev–Trinajstić information content (AvgIpc) is 3.33. The summed E-state index contributed by atoms with van der Waals surface area (Å²) in [6, 6.07) is 3.87. The van der Waals surface area contributed by atoms with Crippen LogP contribution in [0.4, 0.5) is 0 Å². The second kappa shape index (κ2) is 6.25. The van der Waals surface area contributed by atoms with Crippen molar-refractivity contribution in [2.75, 3.05) is 0 Å². The first-order valence-corrected chi connectivity index (χ1v) is 8.96. The fraction of sp³-hybridized carbons (Fsp3) is 0.222. The maximum absolute atomic E-state index is 12.9. The van der Waals surface area contributed by atoms with E-state index in [2.05, 4.69) is 15.1 Å². The van der Waals surface area contributed by atoms with Gasteiger partial charge in [0.25, 0.3) is 0 Å². The Morgan fingerprint density at radius 1 is 1.32 bits per heavy atom. The number of hydrogen-bond acceptors (Lipinski definition) is 5. The predicted molar refractivity (Wildman–Crippen MR) is 97.0 cm³/mol. The Morgan fingerprint density at radius 3 is 2.96 bits per heavy atom. The lowest BCUT2D eigenvalue weighted by molar-refractivity contribution is 0.0994. The molecule has 4 aromatic rings. The number of carbonyl (C=O) groups excluding carboxylic acids is 1. The summed E-state index contributed by atoms with van der Waals surface area (Å²) in [7, 11) is 0. The molecule has 6 nitrogen and oxygen atoms in total. The quantitative estimate of drug-likeness (QED) is 0.517. The van der Waals surface area contributed by atoms with Gasteiger partial charge in [-0.15, -0.1) is 11.3 Å². The van der Waals surface area contributed by atoms with Gasteiger partial charge in [-0.05, 0) is 26.0 Å². The van der Waals surface area contributed by atoms with Crippen molar-refractivity contribution in [2.24, 2.45) is 0 Å². The van der Waals surface area contributed by atoms with Crippen LogP contribution in [-0.2, 0) is 13.0 Å². The van der Waals surface area contributed by atoms with E-state index in [0.29, 0.717) is 11.2 Å². The summed E-state index contributed by atoms with van der Waals surface area (Å²) < 4.78 is 3.80. The standard InChI is InChI=1S/C18H17N5OS/c1-3-23-15(4-5-20-23)13-8-14(18-19-6-7-22(18)10-13)16(24)9-17-21-12(2)11-25-17/h4-8,10-11H,3,9H2,1-2H3. The SMILES string of the molecule is CCn1nccc1-c1cc(C(=O)Cc2nc(C)cs2)c2nccn2c1. The summed E-state index contributed by atoms with van der Waals surface area (Å²) in [6.07, 6.45) is 7.61. The van der Waals surface area contributed by atoms with Gasteiger partial charge in [-0.25, -0.2) is 9.97 Å². The summed E-state index contributed by atoms with van der Waals surface area (Å²) in [4.78, 5) is 21.7. The number of nitrogens with zero attached hydrogens (tertiary/aromatic N) is 5. The molecular formula is C18H17N5OS. The Labute approximate surface area is 148 Å². The zero-order valence-corrected chi connectivity index (χ0v) is 14.8. The van der Waals surface area contributed by atoms with Crippen molar-refractivity contribution in [2.45, 2.75) is 26.8 Å². The number of pyridine rings is 1. The van der Waals surface area contributed by atoms with Crippen molar-refractivity contribution in [3.05, 3.63) is 58.6 Å². The van der Waals surface area contributed by atoms with Crippen LogP contribution >= 0.6 is 11.3 Å². The molecule has 4 aromatic heterocycles. The molecule has 0 aliphatic rings. The minimum Gasteiger partial charge on any atom is -0.306 e. The van der Waals surface area contributed by atoms with Crippen molar-refractivity contribution >= 4 is 22.8 Å². The highest BCUT2D eigenvalue weighted by Gasteiger charge is 2.17. The van der Waals surface area contributed by atoms with Crippen molar-refractivity contribution in [3.8, 4) is 11.3 Å². The lowest BCUT2D eigenvalue weighted by Gasteiger charge is -2.09. The zero-order valence-electron chi connectivity index (χ0n) is 14.0. The number of aryl methyl sites for hydroxylation is 2. The van der Waals surface area contributed by atoms with Gasteiger partial charge >= 0.3 is 0 Å². The molecule has 0 saturated heterocycles. The average molecular weight is 351 g/mol. The van der Waals surface area contributed by atoms with Crippen molar-refractivity contribution in [1.29, 1.82) is 0 Å². The highest BCUT2D eigenvalue weighted by molar-refractivity contribution is 7.09. The van der Waals surface area contributed by atoms with Crippen LogP contribution in [0.15, 0.2) is 42.3 Å². The molecule has 0 saturated carbocycles. The van der Waals surface area contributed by atoms with Gasteiger partial charge < -0.3 is 4.40 Å². The van der Waals surface area contributed by atoms with Crippen LogP contribution < -0.4 is 0 Å². The molecule has 0 amide bonds. The van der Waals surface area contributed by atoms with Crippen LogP contribution in [0.2, 0.25) is 0 Å². The maximum atomic E-state index is 12.9. The molecule has 0 radical (unpaired) electrons. The number of aromatic nitrogens is 5. The second-order valence-corrected chi connectivity index (χ2v) is 6.76. The molecule has 0 atom stereocenters. The van der Waals surface area contributed by atoms with E-state index in [1.54, 1.807) is 12.4 Å². The van der Waals surface area contributed by atoms with Gasteiger partial charge in [-0.3, -0.25) is 9.48 Å². The summed E-state index contributed by atoms with van der Waals surface area (Å²) in [5.74, 6) is 0.0231. The van der Waals surface area contributed by atoms with Gasteiger partial charge in [0.15, 0.2) is 5.78 Å². The van der Waals surface area contributed by atoms with E-state index >= 15 is 0 Å². The molecule has 0 aliphatic heterocycles. The van der Waals surface area contributed by atoms with Crippen LogP contribution in [0.5, 0.6) is 0 Å². The Hall–Kier alpha value is -2.80. The molecule has 0 N–H and O–H groups in total. The molecule has 0 bridgehead atoms. The van der Waals surface area contributed by atoms with Gasteiger partial charge in [0, 0.05) is 48.0 Å². The van der Waals surface area contributed by atoms with Crippen LogP contribution in [0.3, 0.4) is 0 Å². The topological polar surface area (TPSA) is 65.1 Å². The summed E-state index contributed by atoms with van der Waals surface area (Å²) in [5, 5.41) is 7.11. The molecule has 7 heteroatoms. The number of ketones is 1. The van der Waals surface area contributed by atoms with Crippen molar-refractivity contribution in [1.82, 2.24) is 24.1 Å². The van der Waals surface area contributed by atoms with Gasteiger partial charge in [-0.2, -0.15) is 5.10 Å². The summed E-state index contributed by atoms with van der Waals surface area (Å²) in [5.41, 5.74) is 4.16. The maximum Gasteiger partial charge on any atom is 0.173 e. The van der Waals surface area contributed by atoms with Crippen LogP contribution in [0, 0.1) is 6.92 Å². The highest BCUT2D eigenvalue weighted by atomic mass is 32.1. The Bertz CT molecular complexity index is 1060. The fourth-order valence-electron chi connectivity index (χ4n) is 2.92. The van der Waals surface area contributed by atoms with E-state index < -0.39 is 0 Å². The van der Waals surface area contributed by atoms with Crippen LogP contribution in [0.1, 0.15) is 28.0 Å². The number of rotatable bonds is 5. The van der Waals surface area contributed by atoms with Crippen LogP contribution in [0.25, 0.3) is 16.9 Å². The highest BCUT2D eigenvalue weighted by Crippen LogP contribution is 2.24. The van der Waals surface area contributed by atoms with Crippen molar-refractivity contribution < 1.29 is 4.79 Å². The van der Waals surface area contributed by atoms with E-state index in [1.807, 2.05) is 52.8 Å². The van der Waals surface area contributed by atoms with E-state index in [0.717, 1.165) is 28.5 Å². The van der Waals surface area contributed by atoms with E-state index in [1.165, 1.54) is 11.3 Å². The molecule has 0 unspecified atom stereocenters. The first-order chi connectivity index (χ1) is 12.2. The molecule has 0 aliphatic carbocycles. The van der Waals surface area contributed by atoms with E-state index in [-0.39, 0.29) is 12.2 Å². The number of hydrogen-bond donors (Lipinski definition) is 0. The predicted octanol–water partition coefficient (Wildman–Crippen LogP) is 3.41. The molecule has 0 fully saturated rings. The fourth-order valence-corrected chi connectivity index (χ4v) is 3.70. The largest absolute Gasteiger partial charge is 0.306 e. The van der Waals surface area contributed by atoms with Gasteiger partial charge in [-0.1, -0.05) is 0 Å². The number of fused-ring (bicyclic) bond motifs is 1. The van der Waals surface area contributed by atoms with E-state index in [4.69, 9.17) is 0 Å². The Balaban J connectivity index is 1.79. The normalized spacial score (nSPS) is 11.3. The van der Waals surface area contributed by atoms with Crippen molar-refractivity contribution in [3.63, 3.8) is 0 Å². The molecule has 0 aromatic carbocycles. The first kappa shape index (κ1) is 15.7. The first-order valence-electron chi connectivity index (χ1n) is 8.09. The third-order valence-electron chi connectivity index (χ3n) is 4.08. The zero-order chi connectivity index (χ0) is 17.4. The van der Waals surface area contributed by atoms with E-state index in [9.17, 15) is 4.79 Å². The molecule has 4 heterocycles. The van der Waals surface area contributed by atoms with Gasteiger partial charge in [0.2, 0.25) is 0 Å². The molecule has 25 heavy (non-hydrogen) atoms.